The SMILES string of the molecule is CC(C)=C1CCC(C(C)C)CC1.CC(C)CCN1CCC(C(C)C)CC1. The summed E-state index contributed by atoms with van der Waals surface area (Å²) in [6.45, 7) is 22.6. The summed E-state index contributed by atoms with van der Waals surface area (Å²) in [7, 11) is 0. The number of nitrogens with zero attached hydrogens (tertiary/aromatic N) is 1. The highest BCUT2D eigenvalue weighted by Crippen LogP contribution is 2.34. The Labute approximate surface area is 166 Å². The molecule has 0 radical (unpaired) electrons. The van der Waals surface area contributed by atoms with E-state index in [2.05, 4.69) is 60.3 Å². The van der Waals surface area contributed by atoms with Crippen molar-refractivity contribution in [3.63, 3.8) is 0 Å². The van der Waals surface area contributed by atoms with Gasteiger partial charge in [-0.2, -0.15) is 0 Å². The van der Waals surface area contributed by atoms with E-state index in [9.17, 15) is 0 Å². The van der Waals surface area contributed by atoms with Gasteiger partial charge in [0.15, 0.2) is 0 Å². The second-order valence-corrected chi connectivity index (χ2v) is 10.3. The molecule has 154 valence electrons. The average molecular weight is 364 g/mol. The first-order valence-electron chi connectivity index (χ1n) is 11.6. The first-order chi connectivity index (χ1) is 12.2. The third-order valence-corrected chi connectivity index (χ3v) is 6.88. The van der Waals surface area contributed by atoms with Gasteiger partial charge in [-0.3, -0.25) is 0 Å². The minimum atomic E-state index is 0.859. The third kappa shape index (κ3) is 9.07. The van der Waals surface area contributed by atoms with E-state index in [0.717, 1.165) is 29.6 Å². The van der Waals surface area contributed by atoms with Crippen LogP contribution in [-0.4, -0.2) is 24.5 Å². The zero-order chi connectivity index (χ0) is 19.7. The van der Waals surface area contributed by atoms with Gasteiger partial charge in [0.2, 0.25) is 0 Å². The van der Waals surface area contributed by atoms with Crippen molar-refractivity contribution in [1.29, 1.82) is 0 Å². The van der Waals surface area contributed by atoms with Crippen molar-refractivity contribution in [3.8, 4) is 0 Å². The lowest BCUT2D eigenvalue weighted by Gasteiger charge is -2.34. The fourth-order valence-electron chi connectivity index (χ4n) is 4.44. The second-order valence-electron chi connectivity index (χ2n) is 10.3. The summed E-state index contributed by atoms with van der Waals surface area (Å²) < 4.78 is 0. The summed E-state index contributed by atoms with van der Waals surface area (Å²) in [5.74, 6) is 4.63. The summed E-state index contributed by atoms with van der Waals surface area (Å²) in [6, 6.07) is 0. The maximum absolute atomic E-state index is 2.65. The molecule has 26 heavy (non-hydrogen) atoms. The monoisotopic (exact) mass is 363 g/mol. The Bertz CT molecular complexity index is 382. The van der Waals surface area contributed by atoms with Crippen molar-refractivity contribution in [2.45, 2.75) is 100 Å². The van der Waals surface area contributed by atoms with Crippen LogP contribution < -0.4 is 0 Å². The van der Waals surface area contributed by atoms with Crippen molar-refractivity contribution >= 4 is 0 Å². The molecule has 0 aromatic rings. The molecule has 1 aliphatic heterocycles. The lowest BCUT2D eigenvalue weighted by molar-refractivity contribution is 0.152. The van der Waals surface area contributed by atoms with Gasteiger partial charge >= 0.3 is 0 Å². The summed E-state index contributed by atoms with van der Waals surface area (Å²) in [4.78, 5) is 2.65. The zero-order valence-electron chi connectivity index (χ0n) is 19.4. The lowest BCUT2D eigenvalue weighted by Crippen LogP contribution is -2.36. The van der Waals surface area contributed by atoms with Gasteiger partial charge < -0.3 is 4.90 Å². The first-order valence-corrected chi connectivity index (χ1v) is 11.6. The molecule has 0 amide bonds. The van der Waals surface area contributed by atoms with Gasteiger partial charge in [0.25, 0.3) is 0 Å². The van der Waals surface area contributed by atoms with Crippen molar-refractivity contribution in [3.05, 3.63) is 11.1 Å². The number of likely N-dealkylation sites (tertiary alicyclic amines) is 1. The van der Waals surface area contributed by atoms with E-state index in [0.29, 0.717) is 0 Å². The van der Waals surface area contributed by atoms with Gasteiger partial charge in [0.05, 0.1) is 0 Å². The standard InChI is InChI=1S/C13H27N.C12H22/c1-11(2)5-8-14-9-6-13(7-10-14)12(3)4;1-9(2)11-5-7-12(8-6-11)10(3)4/h11-13H,5-10H2,1-4H3;9,11H,5-8H2,1-4H3. The highest BCUT2D eigenvalue weighted by atomic mass is 15.1. The number of piperidine rings is 1. The molecule has 2 fully saturated rings. The molecule has 0 atom stereocenters. The van der Waals surface area contributed by atoms with Crippen molar-refractivity contribution in [2.24, 2.45) is 29.6 Å². The van der Waals surface area contributed by atoms with Gasteiger partial charge in [-0.15, -0.1) is 0 Å². The third-order valence-electron chi connectivity index (χ3n) is 6.88. The highest BCUT2D eigenvalue weighted by molar-refractivity contribution is 5.12. The van der Waals surface area contributed by atoms with Crippen LogP contribution >= 0.6 is 0 Å². The Morgan fingerprint density at radius 3 is 1.65 bits per heavy atom. The van der Waals surface area contributed by atoms with Crippen LogP contribution in [0.1, 0.15) is 100 Å². The first kappa shape index (κ1) is 23.7. The van der Waals surface area contributed by atoms with Crippen molar-refractivity contribution in [1.82, 2.24) is 4.90 Å². The van der Waals surface area contributed by atoms with E-state index >= 15 is 0 Å². The van der Waals surface area contributed by atoms with E-state index in [1.165, 1.54) is 64.6 Å². The molecule has 0 spiro atoms. The van der Waals surface area contributed by atoms with E-state index in [4.69, 9.17) is 0 Å². The van der Waals surface area contributed by atoms with Crippen LogP contribution in [0.3, 0.4) is 0 Å². The van der Waals surface area contributed by atoms with E-state index in [1.807, 2.05) is 0 Å². The van der Waals surface area contributed by atoms with Crippen LogP contribution in [0, 0.1) is 29.6 Å². The molecule has 2 rings (SSSR count). The van der Waals surface area contributed by atoms with Crippen LogP contribution in [0.15, 0.2) is 11.1 Å². The molecule has 0 unspecified atom stereocenters. The molecule has 0 bridgehead atoms. The van der Waals surface area contributed by atoms with E-state index in [-0.39, 0.29) is 0 Å². The van der Waals surface area contributed by atoms with Crippen LogP contribution in [0.25, 0.3) is 0 Å². The smallest absolute Gasteiger partial charge is 0.00160 e. The minimum Gasteiger partial charge on any atom is -0.303 e. The van der Waals surface area contributed by atoms with Gasteiger partial charge in [0.1, 0.15) is 0 Å². The molecule has 1 heterocycles. The van der Waals surface area contributed by atoms with E-state index < -0.39 is 0 Å². The molecule has 2 aliphatic rings. The van der Waals surface area contributed by atoms with Crippen LogP contribution in [0.5, 0.6) is 0 Å². The predicted molar refractivity (Wildman–Crippen MR) is 119 cm³/mol. The highest BCUT2D eigenvalue weighted by Gasteiger charge is 2.21. The van der Waals surface area contributed by atoms with E-state index in [1.54, 1.807) is 11.1 Å². The van der Waals surface area contributed by atoms with Crippen LogP contribution in [-0.2, 0) is 0 Å². The van der Waals surface area contributed by atoms with Gasteiger partial charge in [0, 0.05) is 0 Å². The summed E-state index contributed by atoms with van der Waals surface area (Å²) in [5, 5.41) is 0. The fourth-order valence-corrected chi connectivity index (χ4v) is 4.44. The van der Waals surface area contributed by atoms with Crippen LogP contribution in [0.4, 0.5) is 0 Å². The lowest BCUT2D eigenvalue weighted by atomic mass is 9.78. The van der Waals surface area contributed by atoms with Gasteiger partial charge in [-0.25, -0.2) is 0 Å². The molecular weight excluding hydrogens is 314 g/mol. The maximum Gasteiger partial charge on any atom is -0.00160 e. The fraction of sp³-hybridized carbons (Fsp3) is 0.920. The maximum atomic E-state index is 2.65. The van der Waals surface area contributed by atoms with Gasteiger partial charge in [-0.1, -0.05) is 52.7 Å². The molecule has 0 N–H and O–H groups in total. The molecule has 1 heteroatoms. The summed E-state index contributed by atoms with van der Waals surface area (Å²) in [5.41, 5.74) is 3.30. The van der Waals surface area contributed by atoms with Crippen LogP contribution in [0.2, 0.25) is 0 Å². The topological polar surface area (TPSA) is 3.24 Å². The molecule has 1 nitrogen and oxygen atoms in total. The quantitative estimate of drug-likeness (QED) is 0.455. The Balaban J connectivity index is 0.000000263. The zero-order valence-corrected chi connectivity index (χ0v) is 19.4. The molecule has 1 saturated carbocycles. The molecular formula is C25H49N. The number of hydrogen-bond donors (Lipinski definition) is 0. The largest absolute Gasteiger partial charge is 0.303 e. The number of hydrogen-bond acceptors (Lipinski definition) is 1. The van der Waals surface area contributed by atoms with Gasteiger partial charge in [-0.05, 0) is 108 Å². The predicted octanol–water partition coefficient (Wildman–Crippen LogP) is 7.57. The average Bonchev–Trinajstić information content (AvgIpc) is 2.60. The molecule has 0 aromatic heterocycles. The number of allylic oxidation sites excluding steroid dienone is 2. The second kappa shape index (κ2) is 12.2. The van der Waals surface area contributed by atoms with Crippen molar-refractivity contribution < 1.29 is 0 Å². The Morgan fingerprint density at radius 1 is 0.808 bits per heavy atom. The molecule has 1 aliphatic carbocycles. The summed E-state index contributed by atoms with van der Waals surface area (Å²) >= 11 is 0. The van der Waals surface area contributed by atoms with Crippen molar-refractivity contribution in [2.75, 3.05) is 19.6 Å². The molecule has 0 aromatic carbocycles. The number of rotatable bonds is 5. The normalized spacial score (nSPS) is 22.7. The minimum absolute atomic E-state index is 0.859. The summed E-state index contributed by atoms with van der Waals surface area (Å²) in [6.07, 6.45) is 9.81. The Kier molecular flexibility index (Phi) is 11.2. The Morgan fingerprint density at radius 2 is 1.27 bits per heavy atom. The molecule has 1 saturated heterocycles. The Hall–Kier alpha value is -0.300.